The van der Waals surface area contributed by atoms with E-state index in [0.717, 1.165) is 41.4 Å². The topological polar surface area (TPSA) is 62.4 Å². The highest BCUT2D eigenvalue weighted by molar-refractivity contribution is 6.31. The summed E-state index contributed by atoms with van der Waals surface area (Å²) in [6.45, 7) is 2.76. The molecule has 0 aliphatic carbocycles. The molecule has 1 N–H and O–H groups in total. The number of aryl methyl sites for hydroxylation is 1. The van der Waals surface area contributed by atoms with Gasteiger partial charge < -0.3 is 14.6 Å². The highest BCUT2D eigenvalue weighted by Gasteiger charge is 2.34. The third-order valence-electron chi connectivity index (χ3n) is 6.01. The van der Waals surface area contributed by atoms with Crippen molar-refractivity contribution in [1.29, 1.82) is 0 Å². The fraction of sp³-hybridized carbons (Fsp3) is 0.360. The van der Waals surface area contributed by atoms with E-state index in [1.807, 2.05) is 23.1 Å². The summed E-state index contributed by atoms with van der Waals surface area (Å²) >= 11 is 6.26. The van der Waals surface area contributed by atoms with Crippen LogP contribution in [0, 0.1) is 0 Å². The Kier molecular flexibility index (Phi) is 6.33. The van der Waals surface area contributed by atoms with Gasteiger partial charge >= 0.3 is 5.97 Å². The fourth-order valence-corrected chi connectivity index (χ4v) is 4.66. The lowest BCUT2D eigenvalue weighted by atomic mass is 9.91. The van der Waals surface area contributed by atoms with Crippen molar-refractivity contribution in [3.8, 4) is 0 Å². The Balaban J connectivity index is 1.75. The monoisotopic (exact) mass is 438 g/mol. The summed E-state index contributed by atoms with van der Waals surface area (Å²) in [5.74, 6) is -0.415. The first-order valence-corrected chi connectivity index (χ1v) is 11.1. The second kappa shape index (κ2) is 9.15. The first-order valence-electron chi connectivity index (χ1n) is 10.8. The molecule has 0 radical (unpaired) electrons. The second-order valence-electron chi connectivity index (χ2n) is 8.01. The van der Waals surface area contributed by atoms with E-state index in [9.17, 15) is 9.59 Å². The summed E-state index contributed by atoms with van der Waals surface area (Å²) in [4.78, 5) is 30.2. The van der Waals surface area contributed by atoms with Crippen LogP contribution in [0.15, 0.2) is 42.5 Å². The van der Waals surface area contributed by atoms with Crippen molar-refractivity contribution in [2.45, 2.75) is 45.1 Å². The SMILES string of the molecule is CCCc1ccc(C2c3[nH]c4ccc(Cl)cc4c3CCN2C(=O)CCC(=O)OC)cc1. The smallest absolute Gasteiger partial charge is 0.306 e. The number of halogens is 1. The van der Waals surface area contributed by atoms with Gasteiger partial charge in [0, 0.05) is 34.6 Å². The van der Waals surface area contributed by atoms with E-state index in [1.165, 1.54) is 18.2 Å². The second-order valence-corrected chi connectivity index (χ2v) is 8.45. The standard InChI is InChI=1S/C25H27ClN2O3/c1-3-4-16-5-7-17(8-6-16)25-24-19(20-15-18(26)9-10-21(20)27-24)13-14-28(25)22(29)11-12-23(30)31-2/h5-10,15,25,27H,3-4,11-14H2,1-2H3. The molecule has 6 heteroatoms. The molecule has 3 aromatic rings. The third-order valence-corrected chi connectivity index (χ3v) is 6.25. The third kappa shape index (κ3) is 4.33. The predicted molar refractivity (Wildman–Crippen MR) is 122 cm³/mol. The van der Waals surface area contributed by atoms with Crippen LogP contribution in [0.3, 0.4) is 0 Å². The van der Waals surface area contributed by atoms with Crippen molar-refractivity contribution in [3.05, 3.63) is 69.9 Å². The Morgan fingerprint density at radius 3 is 2.65 bits per heavy atom. The number of hydrogen-bond acceptors (Lipinski definition) is 3. The van der Waals surface area contributed by atoms with Gasteiger partial charge in [-0.05, 0) is 47.7 Å². The summed E-state index contributed by atoms with van der Waals surface area (Å²) in [6.07, 6.45) is 3.09. The minimum absolute atomic E-state index is 0.0460. The molecule has 0 fully saturated rings. The van der Waals surface area contributed by atoms with Gasteiger partial charge in [-0.15, -0.1) is 0 Å². The minimum atomic E-state index is -0.369. The summed E-state index contributed by atoms with van der Waals surface area (Å²) in [5, 5.41) is 1.81. The Bertz CT molecular complexity index is 1100. The van der Waals surface area contributed by atoms with Gasteiger partial charge in [-0.3, -0.25) is 9.59 Å². The van der Waals surface area contributed by atoms with Crippen LogP contribution in [-0.4, -0.2) is 35.4 Å². The quantitative estimate of drug-likeness (QED) is 0.538. The largest absolute Gasteiger partial charge is 0.469 e. The number of nitrogens with zero attached hydrogens (tertiary/aromatic N) is 1. The van der Waals surface area contributed by atoms with Gasteiger partial charge in [-0.25, -0.2) is 0 Å². The lowest BCUT2D eigenvalue weighted by Crippen LogP contribution is -2.40. The number of nitrogens with one attached hydrogen (secondary N) is 1. The lowest BCUT2D eigenvalue weighted by molar-refractivity contribution is -0.144. The number of benzene rings is 2. The zero-order valence-electron chi connectivity index (χ0n) is 17.9. The Hall–Kier alpha value is -2.79. The number of fused-ring (bicyclic) bond motifs is 3. The Morgan fingerprint density at radius 2 is 1.94 bits per heavy atom. The molecule has 162 valence electrons. The first kappa shape index (κ1) is 21.4. The van der Waals surface area contributed by atoms with Gasteiger partial charge in [-0.2, -0.15) is 0 Å². The van der Waals surface area contributed by atoms with Crippen LogP contribution >= 0.6 is 11.6 Å². The molecule has 1 unspecified atom stereocenters. The van der Waals surface area contributed by atoms with Crippen LogP contribution in [0.5, 0.6) is 0 Å². The molecule has 1 aliphatic rings. The van der Waals surface area contributed by atoms with Gasteiger partial charge in [-0.1, -0.05) is 49.2 Å². The molecule has 2 aromatic carbocycles. The summed E-state index contributed by atoms with van der Waals surface area (Å²) in [6, 6.07) is 14.1. The number of aromatic nitrogens is 1. The van der Waals surface area contributed by atoms with E-state index in [4.69, 9.17) is 16.3 Å². The fourth-order valence-electron chi connectivity index (χ4n) is 4.49. The molecule has 4 rings (SSSR count). The van der Waals surface area contributed by atoms with Crippen molar-refractivity contribution in [1.82, 2.24) is 9.88 Å². The lowest BCUT2D eigenvalue weighted by Gasteiger charge is -2.36. The van der Waals surface area contributed by atoms with Crippen LogP contribution < -0.4 is 0 Å². The molecule has 0 bridgehead atoms. The first-order chi connectivity index (χ1) is 15.0. The normalized spacial score (nSPS) is 15.7. The van der Waals surface area contributed by atoms with Crippen LogP contribution in [0.4, 0.5) is 0 Å². The molecular weight excluding hydrogens is 412 g/mol. The minimum Gasteiger partial charge on any atom is -0.469 e. The van der Waals surface area contributed by atoms with Crippen LogP contribution in [0.25, 0.3) is 10.9 Å². The summed E-state index contributed by atoms with van der Waals surface area (Å²) in [5.41, 5.74) is 5.60. The predicted octanol–water partition coefficient (Wildman–Crippen LogP) is 5.20. The van der Waals surface area contributed by atoms with Crippen LogP contribution in [0.2, 0.25) is 5.02 Å². The summed E-state index contributed by atoms with van der Waals surface area (Å²) in [7, 11) is 1.34. The molecular formula is C25H27ClN2O3. The van der Waals surface area contributed by atoms with E-state index in [2.05, 4.69) is 36.2 Å². The molecule has 1 aromatic heterocycles. The van der Waals surface area contributed by atoms with E-state index in [1.54, 1.807) is 0 Å². The van der Waals surface area contributed by atoms with E-state index >= 15 is 0 Å². The average molecular weight is 439 g/mol. The molecule has 0 saturated heterocycles. The van der Waals surface area contributed by atoms with Gasteiger partial charge in [0.2, 0.25) is 5.91 Å². The number of ether oxygens (including phenoxy) is 1. The van der Waals surface area contributed by atoms with E-state index in [0.29, 0.717) is 11.6 Å². The number of H-pyrrole nitrogens is 1. The van der Waals surface area contributed by atoms with Gasteiger partial charge in [0.1, 0.15) is 0 Å². The van der Waals surface area contributed by atoms with E-state index < -0.39 is 0 Å². The average Bonchev–Trinajstić information content (AvgIpc) is 3.15. The number of amides is 1. The molecule has 31 heavy (non-hydrogen) atoms. The van der Waals surface area contributed by atoms with Crippen molar-refractivity contribution in [2.24, 2.45) is 0 Å². The number of rotatable bonds is 6. The molecule has 5 nitrogen and oxygen atoms in total. The van der Waals surface area contributed by atoms with Crippen LogP contribution in [0.1, 0.15) is 54.6 Å². The maximum Gasteiger partial charge on any atom is 0.306 e. The Morgan fingerprint density at radius 1 is 1.16 bits per heavy atom. The number of carbonyl (C=O) groups is 2. The number of carbonyl (C=O) groups excluding carboxylic acids is 2. The van der Waals surface area contributed by atoms with E-state index in [-0.39, 0.29) is 30.8 Å². The van der Waals surface area contributed by atoms with Gasteiger partial charge in [0.15, 0.2) is 0 Å². The van der Waals surface area contributed by atoms with Crippen molar-refractivity contribution in [2.75, 3.05) is 13.7 Å². The highest BCUT2D eigenvalue weighted by atomic mass is 35.5. The number of methoxy groups -OCH3 is 1. The van der Waals surface area contributed by atoms with Crippen molar-refractivity contribution >= 4 is 34.4 Å². The molecule has 0 saturated carbocycles. The number of esters is 1. The summed E-state index contributed by atoms with van der Waals surface area (Å²) < 4.78 is 4.71. The molecule has 1 amide bonds. The van der Waals surface area contributed by atoms with Gasteiger partial charge in [0.25, 0.3) is 0 Å². The zero-order chi connectivity index (χ0) is 22.0. The molecule has 1 aliphatic heterocycles. The number of hydrogen-bond donors (Lipinski definition) is 1. The van der Waals surface area contributed by atoms with Crippen molar-refractivity contribution < 1.29 is 14.3 Å². The number of aromatic amines is 1. The Labute approximate surface area is 187 Å². The maximum atomic E-state index is 13.1. The maximum absolute atomic E-state index is 13.1. The van der Waals surface area contributed by atoms with Crippen LogP contribution in [-0.2, 0) is 27.2 Å². The highest BCUT2D eigenvalue weighted by Crippen LogP contribution is 2.39. The van der Waals surface area contributed by atoms with Gasteiger partial charge in [0.05, 0.1) is 19.6 Å². The zero-order valence-corrected chi connectivity index (χ0v) is 18.7. The molecule has 2 heterocycles. The van der Waals surface area contributed by atoms with Crippen molar-refractivity contribution in [3.63, 3.8) is 0 Å². The molecule has 1 atom stereocenters. The molecule has 0 spiro atoms.